The molecule has 0 bridgehead atoms. The summed E-state index contributed by atoms with van der Waals surface area (Å²) in [6, 6.07) is 18.8. The van der Waals surface area contributed by atoms with Gasteiger partial charge in [-0.3, -0.25) is 4.79 Å². The highest BCUT2D eigenvalue weighted by Crippen LogP contribution is 2.24. The van der Waals surface area contributed by atoms with E-state index in [9.17, 15) is 4.79 Å². The number of anilines is 1. The molecule has 2 aromatic heterocycles. The van der Waals surface area contributed by atoms with Crippen LogP contribution in [-0.2, 0) is 0 Å². The number of fused-ring (bicyclic) bond motifs is 1. The summed E-state index contributed by atoms with van der Waals surface area (Å²) in [7, 11) is 1.55. The second kappa shape index (κ2) is 6.96. The third kappa shape index (κ3) is 3.40. The molecule has 0 atom stereocenters. The molecule has 2 aromatic carbocycles. The van der Waals surface area contributed by atoms with E-state index < -0.39 is 0 Å². The number of pyridine rings is 1. The maximum absolute atomic E-state index is 12.6. The van der Waals surface area contributed by atoms with E-state index in [0.29, 0.717) is 17.0 Å². The van der Waals surface area contributed by atoms with Gasteiger partial charge in [0.15, 0.2) is 0 Å². The van der Waals surface area contributed by atoms with E-state index in [0.717, 1.165) is 16.9 Å². The molecule has 0 aliphatic carbocycles. The number of hydrogen-bond donors (Lipinski definition) is 1. The lowest BCUT2D eigenvalue weighted by Crippen LogP contribution is -2.13. The Kier molecular flexibility index (Phi) is 4.34. The van der Waals surface area contributed by atoms with Crippen molar-refractivity contribution < 1.29 is 9.53 Å². The number of imidazole rings is 1. The van der Waals surface area contributed by atoms with Crippen LogP contribution >= 0.6 is 0 Å². The number of benzene rings is 2. The number of methoxy groups -OCH3 is 1. The fourth-order valence-corrected chi connectivity index (χ4v) is 3.03. The first-order valence-electron chi connectivity index (χ1n) is 8.64. The van der Waals surface area contributed by atoms with Gasteiger partial charge in [0.05, 0.1) is 18.4 Å². The minimum Gasteiger partial charge on any atom is -0.496 e. The number of ether oxygens (including phenoxy) is 1. The summed E-state index contributed by atoms with van der Waals surface area (Å²) in [5.74, 6) is 0.331. The molecule has 0 aliphatic rings. The average molecular weight is 357 g/mol. The zero-order valence-electron chi connectivity index (χ0n) is 15.1. The molecule has 1 N–H and O–H groups in total. The van der Waals surface area contributed by atoms with E-state index in [1.165, 1.54) is 5.56 Å². The Morgan fingerprint density at radius 1 is 1.04 bits per heavy atom. The molecule has 0 saturated heterocycles. The van der Waals surface area contributed by atoms with Crippen LogP contribution in [0.4, 0.5) is 5.69 Å². The lowest BCUT2D eigenvalue weighted by Gasteiger charge is -2.09. The zero-order valence-corrected chi connectivity index (χ0v) is 15.1. The van der Waals surface area contributed by atoms with Crippen LogP contribution in [0.15, 0.2) is 73.1 Å². The molecular weight excluding hydrogens is 338 g/mol. The third-order valence-electron chi connectivity index (χ3n) is 4.37. The first-order valence-corrected chi connectivity index (χ1v) is 8.64. The normalized spacial score (nSPS) is 10.7. The molecule has 4 aromatic rings. The van der Waals surface area contributed by atoms with Gasteiger partial charge in [0.25, 0.3) is 5.91 Å². The van der Waals surface area contributed by atoms with Gasteiger partial charge in [-0.05, 0) is 42.8 Å². The molecule has 4 rings (SSSR count). The van der Waals surface area contributed by atoms with E-state index in [4.69, 9.17) is 4.74 Å². The van der Waals surface area contributed by atoms with E-state index in [2.05, 4.69) is 10.3 Å². The molecule has 0 unspecified atom stereocenters. The topological polar surface area (TPSA) is 55.6 Å². The van der Waals surface area contributed by atoms with Crippen LogP contribution in [0.2, 0.25) is 0 Å². The Morgan fingerprint density at radius 2 is 1.89 bits per heavy atom. The Labute approximate surface area is 157 Å². The van der Waals surface area contributed by atoms with Gasteiger partial charge < -0.3 is 14.5 Å². The van der Waals surface area contributed by atoms with Gasteiger partial charge in [-0.25, -0.2) is 4.98 Å². The zero-order chi connectivity index (χ0) is 18.8. The fraction of sp³-hybridized carbons (Fsp3) is 0.0909. The number of para-hydroxylation sites is 1. The first-order chi connectivity index (χ1) is 13.1. The molecule has 2 heterocycles. The molecule has 5 heteroatoms. The average Bonchev–Trinajstić information content (AvgIpc) is 3.11. The quantitative estimate of drug-likeness (QED) is 0.582. The van der Waals surface area contributed by atoms with Crippen LogP contribution < -0.4 is 10.1 Å². The number of amides is 1. The number of aromatic nitrogens is 2. The minimum atomic E-state index is -0.213. The summed E-state index contributed by atoms with van der Waals surface area (Å²) in [4.78, 5) is 17.3. The first kappa shape index (κ1) is 16.8. The number of carbonyl (C=O) groups excluding carboxylic acids is 1. The van der Waals surface area contributed by atoms with Crippen LogP contribution in [0, 0.1) is 6.92 Å². The maximum Gasteiger partial charge on any atom is 0.259 e. The Hall–Kier alpha value is -3.60. The smallest absolute Gasteiger partial charge is 0.259 e. The number of nitrogens with one attached hydrogen (secondary N) is 1. The summed E-state index contributed by atoms with van der Waals surface area (Å²) < 4.78 is 7.27. The van der Waals surface area contributed by atoms with Crippen molar-refractivity contribution in [2.75, 3.05) is 12.4 Å². The molecule has 5 nitrogen and oxygen atoms in total. The predicted molar refractivity (Wildman–Crippen MR) is 106 cm³/mol. The SMILES string of the molecule is COc1ccccc1C(=O)Nc1cccc(-c2cn3cc(C)ccc3n2)c1. The van der Waals surface area contributed by atoms with Crippen molar-refractivity contribution in [3.05, 3.63) is 84.2 Å². The van der Waals surface area contributed by atoms with Crippen molar-refractivity contribution >= 4 is 17.2 Å². The number of nitrogens with zero attached hydrogens (tertiary/aromatic N) is 2. The fourth-order valence-electron chi connectivity index (χ4n) is 3.03. The predicted octanol–water partition coefficient (Wildman–Crippen LogP) is 4.57. The molecule has 0 aliphatic heterocycles. The lowest BCUT2D eigenvalue weighted by molar-refractivity contribution is 0.102. The van der Waals surface area contributed by atoms with E-state index >= 15 is 0 Å². The van der Waals surface area contributed by atoms with Crippen LogP contribution in [0.1, 0.15) is 15.9 Å². The minimum absolute atomic E-state index is 0.213. The van der Waals surface area contributed by atoms with Gasteiger partial charge in [-0.15, -0.1) is 0 Å². The second-order valence-electron chi connectivity index (χ2n) is 6.33. The van der Waals surface area contributed by atoms with Gasteiger partial charge >= 0.3 is 0 Å². The number of carbonyl (C=O) groups is 1. The lowest BCUT2D eigenvalue weighted by atomic mass is 10.1. The molecule has 134 valence electrons. The van der Waals surface area contributed by atoms with Crippen molar-refractivity contribution in [2.24, 2.45) is 0 Å². The molecule has 1 amide bonds. The molecule has 0 fully saturated rings. The maximum atomic E-state index is 12.6. The monoisotopic (exact) mass is 357 g/mol. The molecular formula is C22H19N3O2. The second-order valence-corrected chi connectivity index (χ2v) is 6.33. The molecule has 0 spiro atoms. The summed E-state index contributed by atoms with van der Waals surface area (Å²) in [6.07, 6.45) is 4.03. The Morgan fingerprint density at radius 3 is 2.74 bits per heavy atom. The largest absolute Gasteiger partial charge is 0.496 e. The van der Waals surface area contributed by atoms with Gasteiger partial charge in [0.2, 0.25) is 0 Å². The van der Waals surface area contributed by atoms with Gasteiger partial charge in [-0.1, -0.05) is 30.3 Å². The van der Waals surface area contributed by atoms with Crippen LogP contribution in [0.25, 0.3) is 16.9 Å². The van der Waals surface area contributed by atoms with Gasteiger partial charge in [0.1, 0.15) is 11.4 Å². The van der Waals surface area contributed by atoms with Crippen molar-refractivity contribution in [1.29, 1.82) is 0 Å². The van der Waals surface area contributed by atoms with Crippen molar-refractivity contribution in [3.63, 3.8) is 0 Å². The summed E-state index contributed by atoms with van der Waals surface area (Å²) >= 11 is 0. The highest BCUT2D eigenvalue weighted by Gasteiger charge is 2.12. The van der Waals surface area contributed by atoms with Crippen molar-refractivity contribution in [3.8, 4) is 17.0 Å². The summed E-state index contributed by atoms with van der Waals surface area (Å²) in [6.45, 7) is 2.05. The standard InChI is InChI=1S/C22H19N3O2/c1-15-10-11-21-24-19(14-25(21)13-15)16-6-5-7-17(12-16)23-22(26)18-8-3-4-9-20(18)27-2/h3-14H,1-2H3,(H,23,26). The van der Waals surface area contributed by atoms with Gasteiger partial charge in [0, 0.05) is 23.6 Å². The highest BCUT2D eigenvalue weighted by molar-refractivity contribution is 6.06. The van der Waals surface area contributed by atoms with Crippen LogP contribution in [0.3, 0.4) is 0 Å². The van der Waals surface area contributed by atoms with Crippen LogP contribution in [0.5, 0.6) is 5.75 Å². The summed E-state index contributed by atoms with van der Waals surface area (Å²) in [5, 5.41) is 2.93. The van der Waals surface area contributed by atoms with Crippen molar-refractivity contribution in [1.82, 2.24) is 9.38 Å². The number of aryl methyl sites for hydroxylation is 1. The molecule has 0 saturated carbocycles. The Bertz CT molecular complexity index is 1130. The van der Waals surface area contributed by atoms with E-state index in [1.807, 2.05) is 72.2 Å². The number of hydrogen-bond acceptors (Lipinski definition) is 3. The van der Waals surface area contributed by atoms with Gasteiger partial charge in [-0.2, -0.15) is 0 Å². The summed E-state index contributed by atoms with van der Waals surface area (Å²) in [5.41, 5.74) is 5.05. The van der Waals surface area contributed by atoms with Crippen LogP contribution in [-0.4, -0.2) is 22.4 Å². The van der Waals surface area contributed by atoms with E-state index in [-0.39, 0.29) is 5.91 Å². The van der Waals surface area contributed by atoms with Crippen molar-refractivity contribution in [2.45, 2.75) is 6.92 Å². The molecule has 0 radical (unpaired) electrons. The molecule has 27 heavy (non-hydrogen) atoms. The van der Waals surface area contributed by atoms with E-state index in [1.54, 1.807) is 19.2 Å². The third-order valence-corrected chi connectivity index (χ3v) is 4.37. The Balaban J connectivity index is 1.63. The number of rotatable bonds is 4. The highest BCUT2D eigenvalue weighted by atomic mass is 16.5.